The zero-order valence-corrected chi connectivity index (χ0v) is 7.90. The zero-order chi connectivity index (χ0) is 8.41. The van der Waals surface area contributed by atoms with Crippen LogP contribution in [0, 0.1) is 0 Å². The van der Waals surface area contributed by atoms with Crippen LogP contribution in [0.25, 0.3) is 0 Å². The normalized spacial score (nSPS) is 10.3. The van der Waals surface area contributed by atoms with Crippen molar-refractivity contribution in [3.8, 4) is 0 Å². The van der Waals surface area contributed by atoms with Gasteiger partial charge in [0.1, 0.15) is 0 Å². The summed E-state index contributed by atoms with van der Waals surface area (Å²) in [7, 11) is 0. The van der Waals surface area contributed by atoms with Crippen LogP contribution in [0.2, 0.25) is 0 Å². The van der Waals surface area contributed by atoms with Gasteiger partial charge in [0.15, 0.2) is 0 Å². The second-order valence-corrected chi connectivity index (χ2v) is 1.77. The van der Waals surface area contributed by atoms with E-state index >= 15 is 0 Å². The van der Waals surface area contributed by atoms with E-state index in [1.54, 1.807) is 0 Å². The van der Waals surface area contributed by atoms with E-state index in [1.165, 1.54) is 5.57 Å². The summed E-state index contributed by atoms with van der Waals surface area (Å²) in [5, 5.41) is 0. The molecule has 0 radical (unpaired) electrons. The van der Waals surface area contributed by atoms with Gasteiger partial charge < -0.3 is 4.74 Å². The third-order valence-electron chi connectivity index (χ3n) is 1.03. The fourth-order valence-electron chi connectivity index (χ4n) is 0.346. The maximum Gasteiger partial charge on any atom is 0.0673 e. The highest BCUT2D eigenvalue weighted by molar-refractivity contribution is 4.95. The van der Waals surface area contributed by atoms with E-state index in [0.717, 1.165) is 13.2 Å². The van der Waals surface area contributed by atoms with E-state index < -0.39 is 0 Å². The number of ether oxygens (including phenoxy) is 1. The Morgan fingerprint density at radius 3 is 2.20 bits per heavy atom. The van der Waals surface area contributed by atoms with Gasteiger partial charge in [0.25, 0.3) is 0 Å². The van der Waals surface area contributed by atoms with Gasteiger partial charge in [-0.15, -0.1) is 0 Å². The van der Waals surface area contributed by atoms with E-state index in [1.807, 2.05) is 27.7 Å². The molecule has 0 bridgehead atoms. The second-order valence-electron chi connectivity index (χ2n) is 1.77. The Morgan fingerprint density at radius 1 is 1.40 bits per heavy atom. The Balaban J connectivity index is 0. The van der Waals surface area contributed by atoms with Crippen LogP contribution in [0.15, 0.2) is 11.6 Å². The second kappa shape index (κ2) is 11.5. The number of hydrogen-bond acceptors (Lipinski definition) is 1. The lowest BCUT2D eigenvalue weighted by molar-refractivity contribution is 0.171. The molecule has 0 fully saturated rings. The average molecular weight is 144 g/mol. The summed E-state index contributed by atoms with van der Waals surface area (Å²) < 4.78 is 5.12. The Bertz CT molecular complexity index is 74.8. The highest BCUT2D eigenvalue weighted by Crippen LogP contribution is 1.90. The first-order valence-corrected chi connectivity index (χ1v) is 4.00. The summed E-state index contributed by atoms with van der Waals surface area (Å²) in [4.78, 5) is 0. The van der Waals surface area contributed by atoms with Crippen LogP contribution in [0.1, 0.15) is 34.6 Å². The van der Waals surface area contributed by atoms with Crippen molar-refractivity contribution in [2.75, 3.05) is 13.2 Å². The lowest BCUT2D eigenvalue weighted by atomic mass is 10.3. The summed E-state index contributed by atoms with van der Waals surface area (Å²) in [6.45, 7) is 11.7. The van der Waals surface area contributed by atoms with Crippen molar-refractivity contribution in [1.29, 1.82) is 0 Å². The standard InChI is InChI=1S/C7H14O.C2H6/c1-4-7(3)6-8-5-2;1-2/h4H,5-6H2,1-3H3;1-2H3/b7-4-;. The van der Waals surface area contributed by atoms with Crippen LogP contribution >= 0.6 is 0 Å². The van der Waals surface area contributed by atoms with Gasteiger partial charge in [0, 0.05) is 6.61 Å². The van der Waals surface area contributed by atoms with E-state index in [4.69, 9.17) is 4.74 Å². The third kappa shape index (κ3) is 10.6. The molecule has 0 atom stereocenters. The van der Waals surface area contributed by atoms with E-state index in [0.29, 0.717) is 0 Å². The predicted octanol–water partition coefficient (Wildman–Crippen LogP) is 3.02. The van der Waals surface area contributed by atoms with Crippen LogP contribution in [-0.2, 0) is 4.74 Å². The van der Waals surface area contributed by atoms with Crippen molar-refractivity contribution in [2.45, 2.75) is 34.6 Å². The molecule has 0 heterocycles. The first kappa shape index (κ1) is 12.4. The maximum absolute atomic E-state index is 5.12. The highest BCUT2D eigenvalue weighted by Gasteiger charge is 1.82. The summed E-state index contributed by atoms with van der Waals surface area (Å²) in [5.41, 5.74) is 1.30. The first-order chi connectivity index (χ1) is 4.81. The molecule has 0 aromatic carbocycles. The number of allylic oxidation sites excluding steroid dienone is 1. The van der Waals surface area contributed by atoms with Gasteiger partial charge in [0.05, 0.1) is 6.61 Å². The maximum atomic E-state index is 5.12. The molecule has 0 saturated heterocycles. The molecule has 10 heavy (non-hydrogen) atoms. The molecule has 0 rings (SSSR count). The monoisotopic (exact) mass is 144 g/mol. The molecule has 0 aliphatic heterocycles. The van der Waals surface area contributed by atoms with Gasteiger partial charge in [-0.1, -0.05) is 25.5 Å². The minimum atomic E-state index is 0.785. The molecule has 1 heteroatoms. The van der Waals surface area contributed by atoms with Gasteiger partial charge in [-0.2, -0.15) is 0 Å². The van der Waals surface area contributed by atoms with Gasteiger partial charge in [-0.3, -0.25) is 0 Å². The van der Waals surface area contributed by atoms with E-state index in [2.05, 4.69) is 13.0 Å². The molecule has 0 unspecified atom stereocenters. The molecular formula is C9H20O. The molecular weight excluding hydrogens is 124 g/mol. The Morgan fingerprint density at radius 2 is 1.90 bits per heavy atom. The minimum Gasteiger partial charge on any atom is -0.377 e. The van der Waals surface area contributed by atoms with Crippen LogP contribution in [0.3, 0.4) is 0 Å². The quantitative estimate of drug-likeness (QED) is 0.553. The fraction of sp³-hybridized carbons (Fsp3) is 0.778. The Hall–Kier alpha value is -0.300. The van der Waals surface area contributed by atoms with Crippen molar-refractivity contribution in [1.82, 2.24) is 0 Å². The first-order valence-electron chi connectivity index (χ1n) is 4.00. The van der Waals surface area contributed by atoms with E-state index in [9.17, 15) is 0 Å². The molecule has 0 aromatic rings. The minimum absolute atomic E-state index is 0.785. The molecule has 0 spiro atoms. The van der Waals surface area contributed by atoms with Gasteiger partial charge >= 0.3 is 0 Å². The molecule has 0 saturated carbocycles. The summed E-state index contributed by atoms with van der Waals surface area (Å²) in [6, 6.07) is 0. The average Bonchev–Trinajstić information content (AvgIpc) is 2.04. The van der Waals surface area contributed by atoms with Gasteiger partial charge in [-0.25, -0.2) is 0 Å². The lowest BCUT2D eigenvalue weighted by Gasteiger charge is -1.97. The van der Waals surface area contributed by atoms with Crippen LogP contribution in [-0.4, -0.2) is 13.2 Å². The van der Waals surface area contributed by atoms with Crippen molar-refractivity contribution < 1.29 is 4.74 Å². The molecule has 0 amide bonds. The van der Waals surface area contributed by atoms with Crippen LogP contribution in [0.5, 0.6) is 0 Å². The van der Waals surface area contributed by atoms with Gasteiger partial charge in [-0.05, 0) is 20.8 Å². The third-order valence-corrected chi connectivity index (χ3v) is 1.03. The predicted molar refractivity (Wildman–Crippen MR) is 47.3 cm³/mol. The largest absolute Gasteiger partial charge is 0.377 e. The molecule has 0 aromatic heterocycles. The van der Waals surface area contributed by atoms with Crippen LogP contribution in [0.4, 0.5) is 0 Å². The Labute approximate surface area is 65.1 Å². The van der Waals surface area contributed by atoms with Gasteiger partial charge in [0.2, 0.25) is 0 Å². The summed E-state index contributed by atoms with van der Waals surface area (Å²) in [6.07, 6.45) is 2.07. The van der Waals surface area contributed by atoms with Crippen LogP contribution < -0.4 is 0 Å². The van der Waals surface area contributed by atoms with Crippen molar-refractivity contribution in [2.24, 2.45) is 0 Å². The van der Waals surface area contributed by atoms with Crippen molar-refractivity contribution >= 4 is 0 Å². The molecule has 0 aliphatic carbocycles. The fourth-order valence-corrected chi connectivity index (χ4v) is 0.346. The van der Waals surface area contributed by atoms with E-state index in [-0.39, 0.29) is 0 Å². The SMILES string of the molecule is C/C=C(/C)COCC.CC. The number of rotatable bonds is 3. The zero-order valence-electron chi connectivity index (χ0n) is 7.90. The summed E-state index contributed by atoms with van der Waals surface area (Å²) in [5.74, 6) is 0. The highest BCUT2D eigenvalue weighted by atomic mass is 16.5. The Kier molecular flexibility index (Phi) is 14.2. The smallest absolute Gasteiger partial charge is 0.0673 e. The summed E-state index contributed by atoms with van der Waals surface area (Å²) >= 11 is 0. The molecule has 0 aliphatic rings. The molecule has 1 nitrogen and oxygen atoms in total. The van der Waals surface area contributed by atoms with Crippen molar-refractivity contribution in [3.05, 3.63) is 11.6 Å². The molecule has 62 valence electrons. The van der Waals surface area contributed by atoms with Crippen molar-refractivity contribution in [3.63, 3.8) is 0 Å². The number of hydrogen-bond donors (Lipinski definition) is 0. The lowest BCUT2D eigenvalue weighted by Crippen LogP contribution is -1.93. The topological polar surface area (TPSA) is 9.23 Å². The molecule has 0 N–H and O–H groups in total.